The van der Waals surface area contributed by atoms with E-state index in [0.717, 1.165) is 41.6 Å². The molecule has 0 radical (unpaired) electrons. The topological polar surface area (TPSA) is 98.1 Å². The monoisotopic (exact) mass is 466 g/mol. The van der Waals surface area contributed by atoms with Crippen molar-refractivity contribution < 1.29 is 8.78 Å². The lowest BCUT2D eigenvalue weighted by atomic mass is 10.0. The number of unbranched alkanes of at least 4 members (excludes halogenated alkanes) is 2. The van der Waals surface area contributed by atoms with Crippen molar-refractivity contribution in [3.8, 4) is 22.6 Å². The maximum absolute atomic E-state index is 14.5. The molecule has 0 atom stereocenters. The summed E-state index contributed by atoms with van der Waals surface area (Å²) in [7, 11) is 0. The highest BCUT2D eigenvalue weighted by Gasteiger charge is 2.36. The second kappa shape index (κ2) is 10.6. The van der Waals surface area contributed by atoms with E-state index in [0.29, 0.717) is 31.0 Å². The highest BCUT2D eigenvalue weighted by molar-refractivity contribution is 5.78. The molecule has 1 aromatic carbocycles. The number of aryl methyl sites for hydroxylation is 1. The van der Waals surface area contributed by atoms with Crippen molar-refractivity contribution in [2.75, 3.05) is 0 Å². The largest absolute Gasteiger partial charge is 0.308 e. The summed E-state index contributed by atoms with van der Waals surface area (Å²) in [5.41, 5.74) is 3.34. The van der Waals surface area contributed by atoms with E-state index in [1.807, 2.05) is 36.4 Å². The van der Waals surface area contributed by atoms with Crippen LogP contribution in [0.4, 0.5) is 8.78 Å². The third-order valence-corrected chi connectivity index (χ3v) is 5.60. The second-order valence-corrected chi connectivity index (χ2v) is 8.27. The van der Waals surface area contributed by atoms with E-state index in [4.69, 9.17) is 0 Å². The first-order chi connectivity index (χ1) is 16.5. The van der Waals surface area contributed by atoms with Crippen LogP contribution in [0.3, 0.4) is 0 Å². The average Bonchev–Trinajstić information content (AvgIpc) is 3.51. The maximum atomic E-state index is 14.5. The van der Waals surface area contributed by atoms with Gasteiger partial charge in [0.25, 0.3) is 0 Å². The van der Waals surface area contributed by atoms with Crippen molar-refractivity contribution in [2.24, 2.45) is 0 Å². The summed E-state index contributed by atoms with van der Waals surface area (Å²) in [6.45, 7) is 4.17. The molecule has 34 heavy (non-hydrogen) atoms. The van der Waals surface area contributed by atoms with Crippen molar-refractivity contribution in [3.05, 3.63) is 59.8 Å². The Hall–Kier alpha value is -3.56. The molecule has 178 valence electrons. The normalized spacial score (nSPS) is 11.8. The maximum Gasteiger partial charge on any atom is 0.308 e. The average molecular weight is 467 g/mol. The van der Waals surface area contributed by atoms with E-state index < -0.39 is 5.92 Å². The molecule has 0 aliphatic heterocycles. The third kappa shape index (κ3) is 5.32. The number of hydrogen-bond acceptors (Lipinski definition) is 6. The van der Waals surface area contributed by atoms with E-state index in [1.165, 1.54) is 0 Å². The Morgan fingerprint density at radius 3 is 2.50 bits per heavy atom. The molecule has 4 rings (SSSR count). The Bertz CT molecular complexity index is 1190. The zero-order valence-electron chi connectivity index (χ0n) is 19.4. The standard InChI is InChI=1S/C24H28F2N8/c1-3-5-6-11-21-28-23(24(25,26)14-4-2)31-34(21)16-17-12-13-20(27-15-17)18-9-7-8-10-19(18)22-29-32-33-30-22/h7-10,12-13,15H,3-6,11,14,16H2,1-2H3,(H,29,30,32,33). The van der Waals surface area contributed by atoms with Gasteiger partial charge in [0.05, 0.1) is 12.2 Å². The van der Waals surface area contributed by atoms with Crippen LogP contribution in [0.5, 0.6) is 0 Å². The Labute approximate surface area is 196 Å². The van der Waals surface area contributed by atoms with Crippen LogP contribution in [0, 0.1) is 0 Å². The van der Waals surface area contributed by atoms with Gasteiger partial charge >= 0.3 is 5.92 Å². The first-order valence-corrected chi connectivity index (χ1v) is 11.6. The summed E-state index contributed by atoms with van der Waals surface area (Å²) in [5.74, 6) is -2.27. The minimum Gasteiger partial charge on any atom is -0.256 e. The van der Waals surface area contributed by atoms with Crippen LogP contribution in [0.25, 0.3) is 22.6 Å². The van der Waals surface area contributed by atoms with E-state index in [-0.39, 0.29) is 12.2 Å². The van der Waals surface area contributed by atoms with Gasteiger partial charge in [-0.3, -0.25) is 4.98 Å². The second-order valence-electron chi connectivity index (χ2n) is 8.27. The molecule has 8 nitrogen and oxygen atoms in total. The first-order valence-electron chi connectivity index (χ1n) is 11.6. The van der Waals surface area contributed by atoms with Gasteiger partial charge in [-0.05, 0) is 34.9 Å². The first kappa shape index (κ1) is 23.6. The van der Waals surface area contributed by atoms with Crippen LogP contribution in [0.15, 0.2) is 42.6 Å². The fraction of sp³-hybridized carbons (Fsp3) is 0.417. The molecule has 1 N–H and O–H groups in total. The fourth-order valence-corrected chi connectivity index (χ4v) is 3.84. The highest BCUT2D eigenvalue weighted by Crippen LogP contribution is 2.31. The molecule has 0 saturated heterocycles. The van der Waals surface area contributed by atoms with Crippen LogP contribution < -0.4 is 0 Å². The van der Waals surface area contributed by atoms with E-state index in [1.54, 1.807) is 17.8 Å². The number of nitrogens with zero attached hydrogens (tertiary/aromatic N) is 7. The molecular formula is C24H28F2N8. The molecule has 0 spiro atoms. The van der Waals surface area contributed by atoms with Crippen molar-refractivity contribution in [1.29, 1.82) is 0 Å². The van der Waals surface area contributed by atoms with Gasteiger partial charge in [0.15, 0.2) is 5.82 Å². The lowest BCUT2D eigenvalue weighted by molar-refractivity contribution is -0.0232. The van der Waals surface area contributed by atoms with Gasteiger partial charge in [-0.1, -0.05) is 57.0 Å². The zero-order valence-corrected chi connectivity index (χ0v) is 19.4. The van der Waals surface area contributed by atoms with Gasteiger partial charge in [-0.2, -0.15) is 8.78 Å². The summed E-state index contributed by atoms with van der Waals surface area (Å²) in [5, 5.41) is 18.3. The lowest BCUT2D eigenvalue weighted by Gasteiger charge is -2.10. The highest BCUT2D eigenvalue weighted by atomic mass is 19.3. The molecular weight excluding hydrogens is 438 g/mol. The van der Waals surface area contributed by atoms with Crippen LogP contribution >= 0.6 is 0 Å². The number of nitrogens with one attached hydrogen (secondary N) is 1. The molecule has 0 amide bonds. The van der Waals surface area contributed by atoms with Crippen LogP contribution in [-0.2, 0) is 18.9 Å². The molecule has 0 fully saturated rings. The van der Waals surface area contributed by atoms with E-state index in [2.05, 4.69) is 42.6 Å². The summed E-state index contributed by atoms with van der Waals surface area (Å²) < 4.78 is 30.6. The number of rotatable bonds is 11. The number of halogens is 2. The number of hydrogen-bond donors (Lipinski definition) is 1. The van der Waals surface area contributed by atoms with Crippen LogP contribution in [0.2, 0.25) is 0 Å². The predicted octanol–water partition coefficient (Wildman–Crippen LogP) is 5.19. The summed E-state index contributed by atoms with van der Waals surface area (Å²) in [6, 6.07) is 11.5. The molecule has 0 aliphatic rings. The summed E-state index contributed by atoms with van der Waals surface area (Å²) in [4.78, 5) is 8.85. The number of alkyl halides is 2. The van der Waals surface area contributed by atoms with Gasteiger partial charge in [0.1, 0.15) is 5.82 Å². The fourth-order valence-electron chi connectivity index (χ4n) is 3.84. The molecule has 0 aliphatic carbocycles. The van der Waals surface area contributed by atoms with Crippen molar-refractivity contribution in [2.45, 2.75) is 64.8 Å². The van der Waals surface area contributed by atoms with Crippen LogP contribution in [0.1, 0.15) is 63.2 Å². The molecule has 3 heterocycles. The number of tetrazole rings is 1. The molecule has 4 aromatic rings. The molecule has 0 bridgehead atoms. The zero-order chi connectivity index (χ0) is 24.0. The number of benzene rings is 1. The number of pyridine rings is 1. The SMILES string of the molecule is CCCCCc1nc(C(F)(F)CCC)nn1Cc1ccc(-c2ccccc2-c2nnn[nH]2)nc1. The Kier molecular flexibility index (Phi) is 7.34. The Balaban J connectivity index is 1.58. The van der Waals surface area contributed by atoms with Gasteiger partial charge in [-0.15, -0.1) is 10.2 Å². The molecule has 0 unspecified atom stereocenters. The Morgan fingerprint density at radius 2 is 1.82 bits per heavy atom. The smallest absolute Gasteiger partial charge is 0.256 e. The van der Waals surface area contributed by atoms with Gasteiger partial charge in [-0.25, -0.2) is 14.8 Å². The number of aromatic amines is 1. The third-order valence-electron chi connectivity index (χ3n) is 5.60. The van der Waals surface area contributed by atoms with E-state index in [9.17, 15) is 8.78 Å². The molecule has 10 heteroatoms. The van der Waals surface area contributed by atoms with Crippen molar-refractivity contribution in [3.63, 3.8) is 0 Å². The number of H-pyrrole nitrogens is 1. The quantitative estimate of drug-likeness (QED) is 0.305. The predicted molar refractivity (Wildman–Crippen MR) is 124 cm³/mol. The van der Waals surface area contributed by atoms with E-state index >= 15 is 0 Å². The van der Waals surface area contributed by atoms with Crippen molar-refractivity contribution in [1.82, 2.24) is 40.4 Å². The Morgan fingerprint density at radius 1 is 1.00 bits per heavy atom. The van der Waals surface area contributed by atoms with Crippen LogP contribution in [-0.4, -0.2) is 40.4 Å². The minimum atomic E-state index is -3.03. The minimum absolute atomic E-state index is 0.262. The van der Waals surface area contributed by atoms with Gasteiger partial charge in [0.2, 0.25) is 5.82 Å². The molecule has 3 aromatic heterocycles. The van der Waals surface area contributed by atoms with Gasteiger partial charge in [0, 0.05) is 30.2 Å². The lowest BCUT2D eigenvalue weighted by Crippen LogP contribution is -2.16. The molecule has 0 saturated carbocycles. The van der Waals surface area contributed by atoms with Crippen molar-refractivity contribution >= 4 is 0 Å². The van der Waals surface area contributed by atoms with Gasteiger partial charge < -0.3 is 0 Å². The summed E-state index contributed by atoms with van der Waals surface area (Å²) in [6.07, 6.45) is 5.41. The summed E-state index contributed by atoms with van der Waals surface area (Å²) >= 11 is 0. The number of aromatic nitrogens is 8.